The molecule has 7 nitrogen and oxygen atoms in total. The smallest absolute Gasteiger partial charge is 0.265 e. The molecule has 8 heteroatoms. The highest BCUT2D eigenvalue weighted by atomic mass is 32.2. The number of sulfonamides is 1. The van der Waals surface area contributed by atoms with Gasteiger partial charge in [0.2, 0.25) is 0 Å². The van der Waals surface area contributed by atoms with Crippen molar-refractivity contribution in [3.05, 3.63) is 42.2 Å². The first-order valence-electron chi connectivity index (χ1n) is 7.94. The molecule has 24 heavy (non-hydrogen) atoms. The second-order valence-electron chi connectivity index (χ2n) is 5.71. The van der Waals surface area contributed by atoms with Crippen molar-refractivity contribution in [1.82, 2.24) is 14.7 Å². The number of amides is 1. The topological polar surface area (TPSA) is 84.3 Å². The van der Waals surface area contributed by atoms with E-state index in [0.717, 1.165) is 25.9 Å². The van der Waals surface area contributed by atoms with Crippen molar-refractivity contribution in [3.63, 3.8) is 0 Å². The number of benzene rings is 1. The van der Waals surface area contributed by atoms with Crippen LogP contribution in [0.3, 0.4) is 0 Å². The first-order chi connectivity index (χ1) is 11.5. The maximum atomic E-state index is 12.3. The van der Waals surface area contributed by atoms with Gasteiger partial charge < -0.3 is 4.90 Å². The molecule has 1 amide bonds. The Morgan fingerprint density at radius 2 is 1.88 bits per heavy atom. The van der Waals surface area contributed by atoms with Crippen LogP contribution < -0.4 is 4.72 Å². The number of hydrogen-bond donors (Lipinski definition) is 1. The molecule has 1 aromatic heterocycles. The average Bonchev–Trinajstić information content (AvgIpc) is 3.26. The van der Waals surface area contributed by atoms with Crippen LogP contribution in [0.15, 0.2) is 41.6 Å². The number of rotatable bonds is 5. The van der Waals surface area contributed by atoms with E-state index >= 15 is 0 Å². The molecule has 0 aliphatic carbocycles. The van der Waals surface area contributed by atoms with E-state index in [2.05, 4.69) is 9.82 Å². The van der Waals surface area contributed by atoms with Gasteiger partial charge in [0.25, 0.3) is 15.9 Å². The maximum Gasteiger partial charge on any atom is 0.265 e. The SMILES string of the molecule is CCn1cc(S(=O)(=O)Nc2ccc(C(=O)N3CCCC3)cc2)cn1. The molecule has 1 saturated heterocycles. The molecular formula is C16H20N4O3S. The van der Waals surface area contributed by atoms with Crippen molar-refractivity contribution in [3.8, 4) is 0 Å². The number of anilines is 1. The lowest BCUT2D eigenvalue weighted by molar-refractivity contribution is 0.0793. The molecular weight excluding hydrogens is 328 g/mol. The lowest BCUT2D eigenvalue weighted by Gasteiger charge is -2.15. The van der Waals surface area contributed by atoms with Crippen LogP contribution in [0, 0.1) is 0 Å². The summed E-state index contributed by atoms with van der Waals surface area (Å²) in [5.74, 6) is -0.00821. The van der Waals surface area contributed by atoms with Crippen molar-refractivity contribution in [2.45, 2.75) is 31.2 Å². The predicted octanol–water partition coefficient (Wildman–Crippen LogP) is 1.94. The predicted molar refractivity (Wildman–Crippen MR) is 90.3 cm³/mol. The van der Waals surface area contributed by atoms with Gasteiger partial charge in [-0.2, -0.15) is 5.10 Å². The number of aryl methyl sites for hydroxylation is 1. The molecule has 0 unspecified atom stereocenters. The first-order valence-corrected chi connectivity index (χ1v) is 9.42. The van der Waals surface area contributed by atoms with Gasteiger partial charge >= 0.3 is 0 Å². The molecule has 1 fully saturated rings. The number of nitrogens with one attached hydrogen (secondary N) is 1. The Morgan fingerprint density at radius 1 is 1.21 bits per heavy atom. The Kier molecular flexibility index (Phi) is 4.57. The van der Waals surface area contributed by atoms with Crippen molar-refractivity contribution >= 4 is 21.6 Å². The zero-order valence-corrected chi connectivity index (χ0v) is 14.3. The Hall–Kier alpha value is -2.35. The van der Waals surface area contributed by atoms with Crippen LogP contribution in [0.5, 0.6) is 0 Å². The normalized spacial score (nSPS) is 14.8. The van der Waals surface area contributed by atoms with Crippen molar-refractivity contribution in [1.29, 1.82) is 0 Å². The molecule has 1 N–H and O–H groups in total. The van der Waals surface area contributed by atoms with Gasteiger partial charge in [-0.3, -0.25) is 14.2 Å². The summed E-state index contributed by atoms with van der Waals surface area (Å²) in [6, 6.07) is 6.50. The molecule has 0 saturated carbocycles. The highest BCUT2D eigenvalue weighted by molar-refractivity contribution is 7.92. The van der Waals surface area contributed by atoms with E-state index < -0.39 is 10.0 Å². The second-order valence-corrected chi connectivity index (χ2v) is 7.40. The molecule has 1 aromatic carbocycles. The molecule has 0 atom stereocenters. The van der Waals surface area contributed by atoms with Crippen molar-refractivity contribution in [2.75, 3.05) is 17.8 Å². The largest absolute Gasteiger partial charge is 0.339 e. The van der Waals surface area contributed by atoms with Gasteiger partial charge in [0.15, 0.2) is 0 Å². The van der Waals surface area contributed by atoms with Crippen LogP contribution in [-0.2, 0) is 16.6 Å². The minimum atomic E-state index is -3.68. The summed E-state index contributed by atoms with van der Waals surface area (Å²) in [6.45, 7) is 4.05. The van der Waals surface area contributed by atoms with Crippen molar-refractivity contribution in [2.24, 2.45) is 0 Å². The van der Waals surface area contributed by atoms with Crippen LogP contribution in [0.2, 0.25) is 0 Å². The van der Waals surface area contributed by atoms with E-state index in [1.807, 2.05) is 11.8 Å². The Balaban J connectivity index is 1.72. The molecule has 2 aromatic rings. The van der Waals surface area contributed by atoms with Crippen LogP contribution in [-0.4, -0.2) is 42.1 Å². The Labute approximate surface area is 141 Å². The van der Waals surface area contributed by atoms with Crippen LogP contribution in [0.4, 0.5) is 5.69 Å². The minimum Gasteiger partial charge on any atom is -0.339 e. The Bertz CT molecular complexity index is 821. The third-order valence-corrected chi connectivity index (χ3v) is 5.36. The third kappa shape index (κ3) is 3.43. The quantitative estimate of drug-likeness (QED) is 0.895. The maximum absolute atomic E-state index is 12.3. The van der Waals surface area contributed by atoms with Gasteiger partial charge in [-0.25, -0.2) is 8.42 Å². The highest BCUT2D eigenvalue weighted by Crippen LogP contribution is 2.18. The summed E-state index contributed by atoms with van der Waals surface area (Å²) < 4.78 is 28.7. The number of likely N-dealkylation sites (tertiary alicyclic amines) is 1. The second kappa shape index (κ2) is 6.64. The third-order valence-electron chi connectivity index (χ3n) is 4.02. The summed E-state index contributed by atoms with van der Waals surface area (Å²) in [6.07, 6.45) is 4.87. The zero-order valence-electron chi connectivity index (χ0n) is 13.5. The number of carbonyl (C=O) groups is 1. The molecule has 2 heterocycles. The summed E-state index contributed by atoms with van der Waals surface area (Å²) in [5.41, 5.74) is 0.982. The molecule has 0 radical (unpaired) electrons. The molecule has 1 aliphatic rings. The van der Waals surface area contributed by atoms with E-state index in [0.29, 0.717) is 17.8 Å². The van der Waals surface area contributed by atoms with Gasteiger partial charge in [-0.1, -0.05) is 0 Å². The molecule has 0 bridgehead atoms. The summed E-state index contributed by atoms with van der Waals surface area (Å²) >= 11 is 0. The fourth-order valence-corrected chi connectivity index (χ4v) is 3.66. The molecule has 128 valence electrons. The summed E-state index contributed by atoms with van der Waals surface area (Å²) in [5, 5.41) is 3.97. The van der Waals surface area contributed by atoms with E-state index in [1.165, 1.54) is 12.4 Å². The molecule has 0 spiro atoms. The lowest BCUT2D eigenvalue weighted by Crippen LogP contribution is -2.27. The minimum absolute atomic E-state index is 0.00821. The standard InChI is InChI=1S/C16H20N4O3S/c1-2-20-12-15(11-17-20)24(22,23)18-14-7-5-13(6-8-14)16(21)19-9-3-4-10-19/h5-8,11-12,18H,2-4,9-10H2,1H3. The number of aromatic nitrogens is 2. The zero-order chi connectivity index (χ0) is 17.2. The Morgan fingerprint density at radius 3 is 2.46 bits per heavy atom. The van der Waals surface area contributed by atoms with Gasteiger partial charge in [-0.05, 0) is 44.0 Å². The van der Waals surface area contributed by atoms with Gasteiger partial charge in [-0.15, -0.1) is 0 Å². The molecule has 3 rings (SSSR count). The first kappa shape index (κ1) is 16.5. The van der Waals surface area contributed by atoms with Gasteiger partial charge in [0.1, 0.15) is 4.90 Å². The van der Waals surface area contributed by atoms with Gasteiger partial charge in [0.05, 0.1) is 6.20 Å². The van der Waals surface area contributed by atoms with Gasteiger partial charge in [0, 0.05) is 37.1 Å². The number of carbonyl (C=O) groups excluding carboxylic acids is 1. The number of nitrogens with zero attached hydrogens (tertiary/aromatic N) is 3. The average molecular weight is 348 g/mol. The van der Waals surface area contributed by atoms with Crippen LogP contribution >= 0.6 is 0 Å². The monoisotopic (exact) mass is 348 g/mol. The summed E-state index contributed by atoms with van der Waals surface area (Å²) in [4.78, 5) is 14.2. The molecule has 1 aliphatic heterocycles. The van der Waals surface area contributed by atoms with Crippen LogP contribution in [0.25, 0.3) is 0 Å². The lowest BCUT2D eigenvalue weighted by atomic mass is 10.2. The van der Waals surface area contributed by atoms with Crippen molar-refractivity contribution < 1.29 is 13.2 Å². The number of hydrogen-bond acceptors (Lipinski definition) is 4. The van der Waals surface area contributed by atoms with E-state index in [-0.39, 0.29) is 10.8 Å². The van der Waals surface area contributed by atoms with E-state index in [1.54, 1.807) is 28.9 Å². The fraction of sp³-hybridized carbons (Fsp3) is 0.375. The van der Waals surface area contributed by atoms with E-state index in [4.69, 9.17) is 0 Å². The summed E-state index contributed by atoms with van der Waals surface area (Å²) in [7, 11) is -3.68. The van der Waals surface area contributed by atoms with E-state index in [9.17, 15) is 13.2 Å². The fourth-order valence-electron chi connectivity index (χ4n) is 2.65. The highest BCUT2D eigenvalue weighted by Gasteiger charge is 2.20. The van der Waals surface area contributed by atoms with Crippen LogP contribution in [0.1, 0.15) is 30.1 Å².